The zero-order valence-electron chi connectivity index (χ0n) is 9.87. The summed E-state index contributed by atoms with van der Waals surface area (Å²) in [6, 6.07) is 0.174. The van der Waals surface area contributed by atoms with Crippen molar-refractivity contribution < 1.29 is 9.59 Å². The topological polar surface area (TPSA) is 75.4 Å². The summed E-state index contributed by atoms with van der Waals surface area (Å²) in [5, 5.41) is 3.24. The van der Waals surface area contributed by atoms with Crippen molar-refractivity contribution in [2.45, 2.75) is 38.6 Å². The summed E-state index contributed by atoms with van der Waals surface area (Å²) in [5.41, 5.74) is 5.19. The molecule has 0 saturated carbocycles. The van der Waals surface area contributed by atoms with E-state index in [2.05, 4.69) is 5.32 Å². The van der Waals surface area contributed by atoms with E-state index in [0.717, 1.165) is 32.4 Å². The lowest BCUT2D eigenvalue weighted by atomic mass is 10.0. The fraction of sp³-hybridized carbons (Fsp3) is 0.818. The summed E-state index contributed by atoms with van der Waals surface area (Å²) >= 11 is 0. The van der Waals surface area contributed by atoms with Crippen LogP contribution in [0.5, 0.6) is 0 Å². The van der Waals surface area contributed by atoms with Gasteiger partial charge in [0.15, 0.2) is 0 Å². The molecule has 0 bridgehead atoms. The SMILES string of the molecule is CCCC(=O)N(CC(N)=O)C1CCNCC1. The number of nitrogens with zero attached hydrogens (tertiary/aromatic N) is 1. The van der Waals surface area contributed by atoms with Gasteiger partial charge in [0.2, 0.25) is 11.8 Å². The van der Waals surface area contributed by atoms with Gasteiger partial charge in [0, 0.05) is 12.5 Å². The number of carbonyl (C=O) groups excluding carboxylic acids is 2. The highest BCUT2D eigenvalue weighted by molar-refractivity contribution is 5.84. The Balaban J connectivity index is 2.60. The van der Waals surface area contributed by atoms with Crippen LogP contribution in [0, 0.1) is 0 Å². The van der Waals surface area contributed by atoms with Gasteiger partial charge >= 0.3 is 0 Å². The van der Waals surface area contributed by atoms with E-state index in [1.54, 1.807) is 4.90 Å². The maximum absolute atomic E-state index is 11.9. The van der Waals surface area contributed by atoms with E-state index in [9.17, 15) is 9.59 Å². The molecule has 5 nitrogen and oxygen atoms in total. The van der Waals surface area contributed by atoms with Crippen molar-refractivity contribution in [2.24, 2.45) is 5.73 Å². The Kier molecular flexibility index (Phi) is 5.25. The van der Waals surface area contributed by atoms with Gasteiger partial charge in [-0.3, -0.25) is 9.59 Å². The first kappa shape index (κ1) is 13.0. The number of primary amides is 1. The van der Waals surface area contributed by atoms with Crippen molar-refractivity contribution in [3.8, 4) is 0 Å². The largest absolute Gasteiger partial charge is 0.368 e. The van der Waals surface area contributed by atoms with Gasteiger partial charge in [-0.05, 0) is 32.4 Å². The van der Waals surface area contributed by atoms with Crippen LogP contribution in [0.2, 0.25) is 0 Å². The summed E-state index contributed by atoms with van der Waals surface area (Å²) < 4.78 is 0. The average molecular weight is 227 g/mol. The van der Waals surface area contributed by atoms with E-state index in [0.29, 0.717) is 6.42 Å². The van der Waals surface area contributed by atoms with E-state index in [1.807, 2.05) is 6.92 Å². The number of piperidine rings is 1. The fourth-order valence-electron chi connectivity index (χ4n) is 2.06. The van der Waals surface area contributed by atoms with E-state index in [1.165, 1.54) is 0 Å². The molecule has 0 radical (unpaired) electrons. The summed E-state index contributed by atoms with van der Waals surface area (Å²) in [6.07, 6.45) is 3.11. The molecule has 1 aliphatic rings. The molecule has 1 heterocycles. The minimum Gasteiger partial charge on any atom is -0.368 e. The third-order valence-corrected chi connectivity index (χ3v) is 2.86. The third kappa shape index (κ3) is 3.81. The number of carbonyl (C=O) groups is 2. The smallest absolute Gasteiger partial charge is 0.237 e. The lowest BCUT2D eigenvalue weighted by Crippen LogP contribution is -2.49. The monoisotopic (exact) mass is 227 g/mol. The maximum atomic E-state index is 11.9. The molecule has 0 unspecified atom stereocenters. The molecule has 3 N–H and O–H groups in total. The highest BCUT2D eigenvalue weighted by Gasteiger charge is 2.25. The third-order valence-electron chi connectivity index (χ3n) is 2.86. The van der Waals surface area contributed by atoms with Gasteiger partial charge in [-0.1, -0.05) is 6.92 Å². The van der Waals surface area contributed by atoms with E-state index < -0.39 is 5.91 Å². The van der Waals surface area contributed by atoms with E-state index in [-0.39, 0.29) is 18.5 Å². The minimum absolute atomic E-state index is 0.0493. The molecule has 16 heavy (non-hydrogen) atoms. The van der Waals surface area contributed by atoms with Crippen molar-refractivity contribution in [1.82, 2.24) is 10.2 Å². The Labute approximate surface area is 96.4 Å². The van der Waals surface area contributed by atoms with Gasteiger partial charge in [-0.25, -0.2) is 0 Å². The van der Waals surface area contributed by atoms with Crippen LogP contribution < -0.4 is 11.1 Å². The van der Waals surface area contributed by atoms with Crippen LogP contribution in [0.1, 0.15) is 32.6 Å². The second kappa shape index (κ2) is 6.48. The Morgan fingerprint density at radius 1 is 1.38 bits per heavy atom. The Morgan fingerprint density at radius 2 is 2.00 bits per heavy atom. The molecule has 5 heteroatoms. The van der Waals surface area contributed by atoms with E-state index >= 15 is 0 Å². The van der Waals surface area contributed by atoms with Crippen LogP contribution in [0.4, 0.5) is 0 Å². The molecule has 1 fully saturated rings. The first-order chi connectivity index (χ1) is 7.65. The van der Waals surface area contributed by atoms with Crippen molar-refractivity contribution in [1.29, 1.82) is 0 Å². The van der Waals surface area contributed by atoms with Gasteiger partial charge < -0.3 is 16.0 Å². The lowest BCUT2D eigenvalue weighted by Gasteiger charge is -2.33. The quantitative estimate of drug-likeness (QED) is 0.686. The van der Waals surface area contributed by atoms with Crippen molar-refractivity contribution in [3.63, 3.8) is 0 Å². The first-order valence-electron chi connectivity index (χ1n) is 5.93. The molecule has 0 spiro atoms. The number of nitrogens with one attached hydrogen (secondary N) is 1. The molecular formula is C11H21N3O2. The molecule has 0 atom stereocenters. The maximum Gasteiger partial charge on any atom is 0.237 e. The molecule has 92 valence electrons. The minimum atomic E-state index is -0.428. The lowest BCUT2D eigenvalue weighted by molar-refractivity contribution is -0.138. The summed E-state index contributed by atoms with van der Waals surface area (Å²) in [7, 11) is 0. The zero-order valence-corrected chi connectivity index (χ0v) is 9.87. The molecule has 2 amide bonds. The van der Waals surface area contributed by atoms with Gasteiger partial charge in [-0.15, -0.1) is 0 Å². The molecule has 0 aliphatic carbocycles. The van der Waals surface area contributed by atoms with Crippen LogP contribution in [0.25, 0.3) is 0 Å². The first-order valence-corrected chi connectivity index (χ1v) is 5.93. The highest BCUT2D eigenvalue weighted by atomic mass is 16.2. The number of hydrogen-bond donors (Lipinski definition) is 2. The van der Waals surface area contributed by atoms with Crippen molar-refractivity contribution in [2.75, 3.05) is 19.6 Å². The molecule has 1 saturated heterocycles. The predicted molar refractivity (Wildman–Crippen MR) is 61.7 cm³/mol. The van der Waals surface area contributed by atoms with Crippen molar-refractivity contribution >= 4 is 11.8 Å². The number of rotatable bonds is 5. The van der Waals surface area contributed by atoms with Crippen LogP contribution >= 0.6 is 0 Å². The number of nitrogens with two attached hydrogens (primary N) is 1. The molecule has 0 aromatic carbocycles. The fourth-order valence-corrected chi connectivity index (χ4v) is 2.06. The highest BCUT2D eigenvalue weighted by Crippen LogP contribution is 2.13. The van der Waals surface area contributed by atoms with Crippen LogP contribution in [-0.2, 0) is 9.59 Å². The van der Waals surface area contributed by atoms with E-state index in [4.69, 9.17) is 5.73 Å². The second-order valence-electron chi connectivity index (χ2n) is 4.22. The van der Waals surface area contributed by atoms with Gasteiger partial charge in [0.1, 0.15) is 0 Å². The Bertz CT molecular complexity index is 250. The standard InChI is InChI=1S/C11H21N3O2/c1-2-3-11(16)14(8-10(12)15)9-4-6-13-7-5-9/h9,13H,2-8H2,1H3,(H2,12,15). The van der Waals surface area contributed by atoms with Crippen LogP contribution in [0.3, 0.4) is 0 Å². The summed E-state index contributed by atoms with van der Waals surface area (Å²) in [5.74, 6) is -0.379. The van der Waals surface area contributed by atoms with Gasteiger partial charge in [0.25, 0.3) is 0 Å². The Hall–Kier alpha value is -1.10. The number of amides is 2. The van der Waals surface area contributed by atoms with Gasteiger partial charge in [-0.2, -0.15) is 0 Å². The van der Waals surface area contributed by atoms with Crippen molar-refractivity contribution in [3.05, 3.63) is 0 Å². The molecule has 1 aliphatic heterocycles. The number of hydrogen-bond acceptors (Lipinski definition) is 3. The Morgan fingerprint density at radius 3 is 2.50 bits per heavy atom. The zero-order chi connectivity index (χ0) is 12.0. The average Bonchev–Trinajstić information content (AvgIpc) is 2.27. The second-order valence-corrected chi connectivity index (χ2v) is 4.22. The normalized spacial score (nSPS) is 17.1. The predicted octanol–water partition coefficient (Wildman–Crippen LogP) is -0.148. The summed E-state index contributed by atoms with van der Waals surface area (Å²) in [4.78, 5) is 24.5. The summed E-state index contributed by atoms with van der Waals surface area (Å²) in [6.45, 7) is 3.82. The molecule has 0 aromatic rings. The van der Waals surface area contributed by atoms with Gasteiger partial charge in [0.05, 0.1) is 6.54 Å². The molecular weight excluding hydrogens is 206 g/mol. The molecule has 1 rings (SSSR count). The van der Waals surface area contributed by atoms with Crippen LogP contribution in [-0.4, -0.2) is 42.4 Å². The molecule has 0 aromatic heterocycles. The van der Waals surface area contributed by atoms with Crippen LogP contribution in [0.15, 0.2) is 0 Å².